The second kappa shape index (κ2) is 5.51. The lowest BCUT2D eigenvalue weighted by Crippen LogP contribution is -2.43. The fourth-order valence-corrected chi connectivity index (χ4v) is 1.02. The Bertz CT molecular complexity index is 115. The Hall–Kier alpha value is -0.120. The van der Waals surface area contributed by atoms with Gasteiger partial charge in [-0.2, -0.15) is 0 Å². The first-order valence-electron chi connectivity index (χ1n) is 4.60. The van der Waals surface area contributed by atoms with E-state index in [1.54, 1.807) is 0 Å². The minimum absolute atomic E-state index is 0.0625. The molecular weight excluding hydrogens is 152 g/mol. The van der Waals surface area contributed by atoms with Crippen LogP contribution in [0.15, 0.2) is 0 Å². The number of hydrogen-bond donors (Lipinski definition) is 2. The van der Waals surface area contributed by atoms with E-state index in [1.165, 1.54) is 0 Å². The second-order valence-electron chi connectivity index (χ2n) is 3.87. The van der Waals surface area contributed by atoms with Crippen LogP contribution in [0.4, 0.5) is 0 Å². The van der Waals surface area contributed by atoms with E-state index < -0.39 is 5.54 Å². The molecule has 12 heavy (non-hydrogen) atoms. The number of aliphatic hydroxyl groups excluding tert-OH is 1. The van der Waals surface area contributed by atoms with E-state index in [1.807, 2.05) is 6.92 Å². The van der Waals surface area contributed by atoms with Crippen LogP contribution < -0.4 is 5.73 Å². The van der Waals surface area contributed by atoms with Crippen molar-refractivity contribution in [3.8, 4) is 0 Å². The molecular formula is C9H22N2O. The summed E-state index contributed by atoms with van der Waals surface area (Å²) in [6.07, 6.45) is 2.01. The summed E-state index contributed by atoms with van der Waals surface area (Å²) in [6.45, 7) is 6.16. The molecule has 3 heteroatoms. The largest absolute Gasteiger partial charge is 0.394 e. The predicted molar refractivity (Wildman–Crippen MR) is 52.1 cm³/mol. The summed E-state index contributed by atoms with van der Waals surface area (Å²) in [7, 11) is 2.08. The lowest BCUT2D eigenvalue weighted by Gasteiger charge is -2.25. The zero-order valence-electron chi connectivity index (χ0n) is 8.51. The smallest absolute Gasteiger partial charge is 0.0608 e. The molecule has 0 aliphatic rings. The molecule has 0 spiro atoms. The standard InChI is InChI=1S/C9H22N2O/c1-4-6-11(3)7-5-9(2,10)8-12/h12H,4-8,10H2,1-3H3. The van der Waals surface area contributed by atoms with Crippen molar-refractivity contribution in [2.75, 3.05) is 26.7 Å². The maximum absolute atomic E-state index is 8.89. The summed E-state index contributed by atoms with van der Waals surface area (Å²) < 4.78 is 0. The van der Waals surface area contributed by atoms with Gasteiger partial charge < -0.3 is 15.7 Å². The zero-order chi connectivity index (χ0) is 9.61. The SMILES string of the molecule is CCCN(C)CCC(C)(N)CO. The fraction of sp³-hybridized carbons (Fsp3) is 1.00. The van der Waals surface area contributed by atoms with Crippen molar-refractivity contribution >= 4 is 0 Å². The molecule has 0 fully saturated rings. The van der Waals surface area contributed by atoms with Crippen molar-refractivity contribution in [2.45, 2.75) is 32.2 Å². The molecule has 0 heterocycles. The molecule has 0 saturated heterocycles. The van der Waals surface area contributed by atoms with Crippen molar-refractivity contribution in [3.63, 3.8) is 0 Å². The number of nitrogens with zero attached hydrogens (tertiary/aromatic N) is 1. The van der Waals surface area contributed by atoms with E-state index in [0.29, 0.717) is 0 Å². The molecule has 0 bridgehead atoms. The molecule has 0 aromatic heterocycles. The average Bonchev–Trinajstić information content (AvgIpc) is 2.02. The quantitative estimate of drug-likeness (QED) is 0.614. The minimum atomic E-state index is -0.415. The van der Waals surface area contributed by atoms with Crippen LogP contribution in [-0.2, 0) is 0 Å². The zero-order valence-corrected chi connectivity index (χ0v) is 8.51. The molecule has 3 nitrogen and oxygen atoms in total. The number of hydrogen-bond acceptors (Lipinski definition) is 3. The molecule has 0 amide bonds. The van der Waals surface area contributed by atoms with E-state index in [9.17, 15) is 0 Å². The normalized spacial score (nSPS) is 16.5. The van der Waals surface area contributed by atoms with Crippen LogP contribution in [0.3, 0.4) is 0 Å². The molecule has 0 rings (SSSR count). The highest BCUT2D eigenvalue weighted by Gasteiger charge is 2.16. The maximum Gasteiger partial charge on any atom is 0.0608 e. The van der Waals surface area contributed by atoms with Crippen LogP contribution in [0.2, 0.25) is 0 Å². The van der Waals surface area contributed by atoms with Gasteiger partial charge in [0.05, 0.1) is 6.61 Å². The first-order chi connectivity index (χ1) is 5.52. The molecule has 1 unspecified atom stereocenters. The highest BCUT2D eigenvalue weighted by atomic mass is 16.3. The van der Waals surface area contributed by atoms with E-state index >= 15 is 0 Å². The molecule has 0 aliphatic carbocycles. The fourth-order valence-electron chi connectivity index (χ4n) is 1.02. The van der Waals surface area contributed by atoms with Crippen LogP contribution in [-0.4, -0.2) is 42.3 Å². The van der Waals surface area contributed by atoms with Gasteiger partial charge in [-0.1, -0.05) is 6.92 Å². The van der Waals surface area contributed by atoms with Gasteiger partial charge in [0.2, 0.25) is 0 Å². The summed E-state index contributed by atoms with van der Waals surface area (Å²) in [5.41, 5.74) is 5.37. The van der Waals surface area contributed by atoms with Crippen molar-refractivity contribution < 1.29 is 5.11 Å². The third-order valence-corrected chi connectivity index (χ3v) is 2.03. The van der Waals surface area contributed by atoms with Gasteiger partial charge in [0, 0.05) is 5.54 Å². The van der Waals surface area contributed by atoms with Crippen LogP contribution in [0.25, 0.3) is 0 Å². The van der Waals surface area contributed by atoms with Crippen LogP contribution >= 0.6 is 0 Å². The highest BCUT2D eigenvalue weighted by molar-refractivity contribution is 4.78. The third kappa shape index (κ3) is 5.52. The van der Waals surface area contributed by atoms with E-state index in [2.05, 4.69) is 18.9 Å². The molecule has 0 aromatic rings. The Morgan fingerprint density at radius 2 is 2.00 bits per heavy atom. The lowest BCUT2D eigenvalue weighted by molar-refractivity contribution is 0.183. The molecule has 0 saturated carbocycles. The number of nitrogens with two attached hydrogens (primary N) is 1. The van der Waals surface area contributed by atoms with Crippen LogP contribution in [0, 0.1) is 0 Å². The first-order valence-corrected chi connectivity index (χ1v) is 4.60. The van der Waals surface area contributed by atoms with Crippen molar-refractivity contribution in [1.29, 1.82) is 0 Å². The summed E-state index contributed by atoms with van der Waals surface area (Å²) in [5, 5.41) is 8.89. The predicted octanol–water partition coefficient (Wildman–Crippen LogP) is 0.428. The van der Waals surface area contributed by atoms with Crippen molar-refractivity contribution in [2.24, 2.45) is 5.73 Å². The Labute approximate surface area is 75.6 Å². The van der Waals surface area contributed by atoms with Crippen LogP contribution in [0.1, 0.15) is 26.7 Å². The number of aliphatic hydroxyl groups is 1. The summed E-state index contributed by atoms with van der Waals surface area (Å²) >= 11 is 0. The monoisotopic (exact) mass is 174 g/mol. The van der Waals surface area contributed by atoms with Crippen molar-refractivity contribution in [3.05, 3.63) is 0 Å². The molecule has 0 aromatic carbocycles. The molecule has 3 N–H and O–H groups in total. The van der Waals surface area contributed by atoms with Crippen LogP contribution in [0.5, 0.6) is 0 Å². The number of rotatable bonds is 6. The molecule has 74 valence electrons. The molecule has 0 radical (unpaired) electrons. The highest BCUT2D eigenvalue weighted by Crippen LogP contribution is 2.04. The van der Waals surface area contributed by atoms with E-state index in [0.717, 1.165) is 25.9 Å². The maximum atomic E-state index is 8.89. The second-order valence-corrected chi connectivity index (χ2v) is 3.87. The van der Waals surface area contributed by atoms with Gasteiger partial charge in [-0.3, -0.25) is 0 Å². The van der Waals surface area contributed by atoms with E-state index in [4.69, 9.17) is 10.8 Å². The van der Waals surface area contributed by atoms with Gasteiger partial charge in [0.1, 0.15) is 0 Å². The average molecular weight is 174 g/mol. The summed E-state index contributed by atoms with van der Waals surface area (Å²) in [6, 6.07) is 0. The van der Waals surface area contributed by atoms with Gasteiger partial charge in [-0.15, -0.1) is 0 Å². The van der Waals surface area contributed by atoms with Crippen molar-refractivity contribution in [1.82, 2.24) is 4.90 Å². The summed E-state index contributed by atoms with van der Waals surface area (Å²) in [5.74, 6) is 0. The topological polar surface area (TPSA) is 49.5 Å². The third-order valence-electron chi connectivity index (χ3n) is 2.03. The van der Waals surface area contributed by atoms with Gasteiger partial charge in [0.15, 0.2) is 0 Å². The summed E-state index contributed by atoms with van der Waals surface area (Å²) in [4.78, 5) is 2.24. The lowest BCUT2D eigenvalue weighted by atomic mass is 10.0. The van der Waals surface area contributed by atoms with Gasteiger partial charge >= 0.3 is 0 Å². The van der Waals surface area contributed by atoms with Gasteiger partial charge in [0.25, 0.3) is 0 Å². The van der Waals surface area contributed by atoms with Gasteiger partial charge in [-0.25, -0.2) is 0 Å². The Kier molecular flexibility index (Phi) is 5.46. The Morgan fingerprint density at radius 1 is 1.42 bits per heavy atom. The minimum Gasteiger partial charge on any atom is -0.394 e. The Morgan fingerprint density at radius 3 is 2.42 bits per heavy atom. The molecule has 1 atom stereocenters. The molecule has 0 aliphatic heterocycles. The first kappa shape index (κ1) is 11.9. The van der Waals surface area contributed by atoms with E-state index in [-0.39, 0.29) is 6.61 Å². The van der Waals surface area contributed by atoms with Gasteiger partial charge in [-0.05, 0) is 39.9 Å². The Balaban J connectivity index is 3.52.